The minimum atomic E-state index is 0.753. The fourth-order valence-corrected chi connectivity index (χ4v) is 3.24. The monoisotopic (exact) mass is 252 g/mol. The van der Waals surface area contributed by atoms with E-state index in [1.807, 2.05) is 11.3 Å². The molecule has 1 N–H and O–H groups in total. The number of piperidine rings is 1. The van der Waals surface area contributed by atoms with Crippen LogP contribution >= 0.6 is 11.3 Å². The highest BCUT2D eigenvalue weighted by Crippen LogP contribution is 2.12. The second-order valence-corrected chi connectivity index (χ2v) is 5.93. The number of rotatable bonds is 6. The number of nitrogens with one attached hydrogen (secondary N) is 1. The summed E-state index contributed by atoms with van der Waals surface area (Å²) >= 11 is 1.87. The minimum absolute atomic E-state index is 0.753. The van der Waals surface area contributed by atoms with Gasteiger partial charge in [-0.25, -0.2) is 0 Å². The summed E-state index contributed by atoms with van der Waals surface area (Å²) in [4.78, 5) is 4.10. The molecule has 2 rings (SSSR count). The maximum Gasteiger partial charge on any atom is 0.00915 e. The third-order valence-electron chi connectivity index (χ3n) is 3.51. The van der Waals surface area contributed by atoms with Gasteiger partial charge in [-0.05, 0) is 56.8 Å². The maximum atomic E-state index is 3.70. The van der Waals surface area contributed by atoms with Crippen LogP contribution in [-0.2, 0) is 6.42 Å². The third-order valence-corrected chi connectivity index (χ3v) is 4.45. The Morgan fingerprint density at radius 1 is 1.41 bits per heavy atom. The van der Waals surface area contributed by atoms with E-state index in [1.54, 1.807) is 0 Å². The number of likely N-dealkylation sites (tertiary alicyclic amines) is 1. The number of nitrogens with zero attached hydrogens (tertiary/aromatic N) is 1. The van der Waals surface area contributed by atoms with E-state index in [-0.39, 0.29) is 0 Å². The van der Waals surface area contributed by atoms with Gasteiger partial charge in [-0.15, -0.1) is 11.3 Å². The second-order valence-electron chi connectivity index (χ2n) is 4.90. The van der Waals surface area contributed by atoms with Crippen LogP contribution in [0.15, 0.2) is 17.5 Å². The SMILES string of the molecule is CCCN1CCC(NCCc2cccs2)CC1. The van der Waals surface area contributed by atoms with Crippen molar-refractivity contribution in [3.05, 3.63) is 22.4 Å². The molecular weight excluding hydrogens is 228 g/mol. The molecule has 96 valence electrons. The molecule has 0 bridgehead atoms. The smallest absolute Gasteiger partial charge is 0.00915 e. The average molecular weight is 252 g/mol. The Bertz CT molecular complexity index is 289. The number of thiophene rings is 1. The highest BCUT2D eigenvalue weighted by atomic mass is 32.1. The zero-order chi connectivity index (χ0) is 11.9. The first-order chi connectivity index (χ1) is 8.38. The molecule has 0 atom stereocenters. The van der Waals surface area contributed by atoms with Crippen LogP contribution in [0.4, 0.5) is 0 Å². The van der Waals surface area contributed by atoms with Gasteiger partial charge >= 0.3 is 0 Å². The molecule has 1 saturated heterocycles. The summed E-state index contributed by atoms with van der Waals surface area (Å²) in [5.41, 5.74) is 0. The Kier molecular flexibility index (Phi) is 5.49. The van der Waals surface area contributed by atoms with E-state index in [2.05, 4.69) is 34.7 Å². The van der Waals surface area contributed by atoms with E-state index in [0.29, 0.717) is 0 Å². The quantitative estimate of drug-likeness (QED) is 0.837. The summed E-state index contributed by atoms with van der Waals surface area (Å²) in [6.07, 6.45) is 5.12. The van der Waals surface area contributed by atoms with Crippen LogP contribution in [0.1, 0.15) is 31.1 Å². The second kappa shape index (κ2) is 7.14. The van der Waals surface area contributed by atoms with Gasteiger partial charge in [0.25, 0.3) is 0 Å². The molecule has 1 fully saturated rings. The molecule has 0 saturated carbocycles. The average Bonchev–Trinajstić information content (AvgIpc) is 2.85. The van der Waals surface area contributed by atoms with E-state index in [9.17, 15) is 0 Å². The van der Waals surface area contributed by atoms with Crippen molar-refractivity contribution in [1.29, 1.82) is 0 Å². The lowest BCUT2D eigenvalue weighted by molar-refractivity contribution is 0.198. The molecule has 1 aromatic rings. The fourth-order valence-electron chi connectivity index (χ4n) is 2.53. The van der Waals surface area contributed by atoms with E-state index in [0.717, 1.165) is 12.6 Å². The lowest BCUT2D eigenvalue weighted by Gasteiger charge is -2.32. The van der Waals surface area contributed by atoms with Crippen LogP contribution in [0, 0.1) is 0 Å². The Labute approximate surface area is 109 Å². The molecule has 0 amide bonds. The van der Waals surface area contributed by atoms with E-state index in [1.165, 1.54) is 50.2 Å². The van der Waals surface area contributed by atoms with Crippen LogP contribution in [0.5, 0.6) is 0 Å². The molecule has 1 aliphatic heterocycles. The molecule has 1 aliphatic rings. The molecular formula is C14H24N2S. The number of hydrogen-bond acceptors (Lipinski definition) is 3. The standard InChI is InChI=1S/C14H24N2S/c1-2-9-16-10-6-13(7-11-16)15-8-5-14-4-3-12-17-14/h3-4,12-13,15H,2,5-11H2,1H3. The van der Waals surface area contributed by atoms with Gasteiger partial charge in [0.15, 0.2) is 0 Å². The van der Waals surface area contributed by atoms with Gasteiger partial charge in [0.1, 0.15) is 0 Å². The first kappa shape index (κ1) is 13.1. The highest BCUT2D eigenvalue weighted by Gasteiger charge is 2.17. The van der Waals surface area contributed by atoms with Gasteiger partial charge in [-0.1, -0.05) is 13.0 Å². The van der Waals surface area contributed by atoms with Crippen molar-refractivity contribution in [1.82, 2.24) is 10.2 Å². The lowest BCUT2D eigenvalue weighted by atomic mass is 10.0. The van der Waals surface area contributed by atoms with Crippen molar-refractivity contribution in [2.75, 3.05) is 26.2 Å². The zero-order valence-electron chi connectivity index (χ0n) is 10.8. The Balaban J connectivity index is 1.58. The molecule has 17 heavy (non-hydrogen) atoms. The maximum absolute atomic E-state index is 3.70. The van der Waals surface area contributed by atoms with Gasteiger partial charge in [0.05, 0.1) is 0 Å². The van der Waals surface area contributed by atoms with Crippen LogP contribution in [-0.4, -0.2) is 37.1 Å². The third kappa shape index (κ3) is 4.41. The zero-order valence-corrected chi connectivity index (χ0v) is 11.6. The highest BCUT2D eigenvalue weighted by molar-refractivity contribution is 7.09. The van der Waals surface area contributed by atoms with Gasteiger partial charge in [-0.3, -0.25) is 0 Å². The predicted octanol–water partition coefficient (Wildman–Crippen LogP) is 2.75. The topological polar surface area (TPSA) is 15.3 Å². The fraction of sp³-hybridized carbons (Fsp3) is 0.714. The molecule has 2 heterocycles. The van der Waals surface area contributed by atoms with Crippen molar-refractivity contribution in [3.8, 4) is 0 Å². The first-order valence-electron chi connectivity index (χ1n) is 6.86. The molecule has 0 radical (unpaired) electrons. The lowest BCUT2D eigenvalue weighted by Crippen LogP contribution is -2.43. The van der Waals surface area contributed by atoms with Gasteiger partial charge in [0.2, 0.25) is 0 Å². The Morgan fingerprint density at radius 3 is 2.88 bits per heavy atom. The van der Waals surface area contributed by atoms with Crippen LogP contribution in [0.25, 0.3) is 0 Å². The van der Waals surface area contributed by atoms with Crippen molar-refractivity contribution >= 4 is 11.3 Å². The van der Waals surface area contributed by atoms with Gasteiger partial charge in [-0.2, -0.15) is 0 Å². The minimum Gasteiger partial charge on any atom is -0.314 e. The largest absolute Gasteiger partial charge is 0.314 e. The van der Waals surface area contributed by atoms with Crippen molar-refractivity contribution in [2.45, 2.75) is 38.6 Å². The summed E-state index contributed by atoms with van der Waals surface area (Å²) in [5, 5.41) is 5.87. The van der Waals surface area contributed by atoms with E-state index >= 15 is 0 Å². The summed E-state index contributed by atoms with van der Waals surface area (Å²) in [6.45, 7) is 7.25. The summed E-state index contributed by atoms with van der Waals surface area (Å²) < 4.78 is 0. The first-order valence-corrected chi connectivity index (χ1v) is 7.74. The van der Waals surface area contributed by atoms with Crippen LogP contribution in [0.2, 0.25) is 0 Å². The Hall–Kier alpha value is -0.380. The van der Waals surface area contributed by atoms with Crippen molar-refractivity contribution in [3.63, 3.8) is 0 Å². The normalized spacial score (nSPS) is 18.6. The van der Waals surface area contributed by atoms with Crippen LogP contribution < -0.4 is 5.32 Å². The van der Waals surface area contributed by atoms with Crippen LogP contribution in [0.3, 0.4) is 0 Å². The van der Waals surface area contributed by atoms with E-state index in [4.69, 9.17) is 0 Å². The molecule has 0 unspecified atom stereocenters. The molecule has 0 aliphatic carbocycles. The van der Waals surface area contributed by atoms with Crippen molar-refractivity contribution in [2.24, 2.45) is 0 Å². The van der Waals surface area contributed by atoms with Gasteiger partial charge < -0.3 is 10.2 Å². The van der Waals surface area contributed by atoms with Crippen molar-refractivity contribution < 1.29 is 0 Å². The van der Waals surface area contributed by atoms with E-state index < -0.39 is 0 Å². The molecule has 0 spiro atoms. The summed E-state index contributed by atoms with van der Waals surface area (Å²) in [5.74, 6) is 0. The summed E-state index contributed by atoms with van der Waals surface area (Å²) in [6, 6.07) is 5.13. The number of hydrogen-bond donors (Lipinski definition) is 1. The summed E-state index contributed by atoms with van der Waals surface area (Å²) in [7, 11) is 0. The molecule has 3 heteroatoms. The molecule has 1 aromatic heterocycles. The van der Waals surface area contributed by atoms with Gasteiger partial charge in [0, 0.05) is 17.5 Å². The predicted molar refractivity (Wildman–Crippen MR) is 75.8 cm³/mol. The Morgan fingerprint density at radius 2 is 2.24 bits per heavy atom. The molecule has 2 nitrogen and oxygen atoms in total. The molecule has 0 aromatic carbocycles.